The normalized spacial score (nSPS) is 24.2. The number of nitrogens with one attached hydrogen (secondary N) is 1. The lowest BCUT2D eigenvalue weighted by Crippen LogP contribution is -2.35. The van der Waals surface area contributed by atoms with Gasteiger partial charge in [-0.15, -0.1) is 0 Å². The minimum Gasteiger partial charge on any atom is -0.371 e. The van der Waals surface area contributed by atoms with E-state index >= 15 is 0 Å². The van der Waals surface area contributed by atoms with Gasteiger partial charge < -0.3 is 15.0 Å². The van der Waals surface area contributed by atoms with Gasteiger partial charge in [0.15, 0.2) is 0 Å². The van der Waals surface area contributed by atoms with Gasteiger partial charge in [-0.1, -0.05) is 6.92 Å². The summed E-state index contributed by atoms with van der Waals surface area (Å²) in [5.41, 5.74) is 0.103. The summed E-state index contributed by atoms with van der Waals surface area (Å²) in [4.78, 5) is 2.37. The molecule has 0 bridgehead atoms. The molecule has 1 aliphatic rings. The first-order chi connectivity index (χ1) is 7.53. The van der Waals surface area contributed by atoms with Crippen LogP contribution in [0.4, 0.5) is 0 Å². The van der Waals surface area contributed by atoms with Crippen LogP contribution in [0.5, 0.6) is 0 Å². The third-order valence-corrected chi connectivity index (χ3v) is 3.17. The predicted octanol–water partition coefficient (Wildman–Crippen LogP) is 1.88. The number of ether oxygens (including phenoxy) is 1. The summed E-state index contributed by atoms with van der Waals surface area (Å²) in [6, 6.07) is 0. The largest absolute Gasteiger partial charge is 0.371 e. The van der Waals surface area contributed by atoms with Gasteiger partial charge in [0.1, 0.15) is 0 Å². The van der Waals surface area contributed by atoms with Gasteiger partial charge in [0.2, 0.25) is 0 Å². The number of rotatable bonds is 7. The van der Waals surface area contributed by atoms with Crippen LogP contribution < -0.4 is 5.32 Å². The molecule has 1 heterocycles. The number of likely N-dealkylation sites (N-methyl/N-ethyl adjacent to an activating group) is 1. The first-order valence-corrected chi connectivity index (χ1v) is 6.60. The van der Waals surface area contributed by atoms with E-state index in [1.807, 2.05) is 0 Å². The standard InChI is InChI=1S/C13H28N2O/c1-5-8-14-9-10-15(4)11-12-6-7-13(2,3)16-12/h12,14H,5-11H2,1-4H3. The topological polar surface area (TPSA) is 24.5 Å². The van der Waals surface area contributed by atoms with Crippen LogP contribution in [0.25, 0.3) is 0 Å². The summed E-state index contributed by atoms with van der Waals surface area (Å²) in [6.07, 6.45) is 4.05. The summed E-state index contributed by atoms with van der Waals surface area (Å²) >= 11 is 0. The molecular formula is C13H28N2O. The van der Waals surface area contributed by atoms with Gasteiger partial charge in [0, 0.05) is 19.6 Å². The van der Waals surface area contributed by atoms with E-state index in [9.17, 15) is 0 Å². The molecule has 1 saturated heterocycles. The van der Waals surface area contributed by atoms with Crippen molar-refractivity contribution in [3.05, 3.63) is 0 Å². The SMILES string of the molecule is CCCNCCN(C)CC1CCC(C)(C)O1. The molecule has 0 aliphatic carbocycles. The maximum Gasteiger partial charge on any atom is 0.0710 e. The molecule has 3 heteroatoms. The van der Waals surface area contributed by atoms with Crippen LogP contribution in [0.15, 0.2) is 0 Å². The smallest absolute Gasteiger partial charge is 0.0710 e. The van der Waals surface area contributed by atoms with Crippen LogP contribution in [0, 0.1) is 0 Å². The van der Waals surface area contributed by atoms with E-state index in [4.69, 9.17) is 4.74 Å². The highest BCUT2D eigenvalue weighted by atomic mass is 16.5. The summed E-state index contributed by atoms with van der Waals surface area (Å²) in [7, 11) is 2.18. The highest BCUT2D eigenvalue weighted by molar-refractivity contribution is 4.82. The molecule has 0 radical (unpaired) electrons. The summed E-state index contributed by atoms with van der Waals surface area (Å²) in [5.74, 6) is 0. The Hall–Kier alpha value is -0.120. The number of nitrogens with zero attached hydrogens (tertiary/aromatic N) is 1. The molecular weight excluding hydrogens is 200 g/mol. The lowest BCUT2D eigenvalue weighted by molar-refractivity contribution is -0.0258. The van der Waals surface area contributed by atoms with Gasteiger partial charge in [-0.2, -0.15) is 0 Å². The predicted molar refractivity (Wildman–Crippen MR) is 68.8 cm³/mol. The van der Waals surface area contributed by atoms with Crippen molar-refractivity contribution in [1.29, 1.82) is 0 Å². The molecule has 0 aromatic heterocycles. The van der Waals surface area contributed by atoms with Crippen LogP contribution in [0.2, 0.25) is 0 Å². The van der Waals surface area contributed by atoms with Gasteiger partial charge in [-0.3, -0.25) is 0 Å². The van der Waals surface area contributed by atoms with Crippen molar-refractivity contribution in [2.24, 2.45) is 0 Å². The van der Waals surface area contributed by atoms with Crippen molar-refractivity contribution < 1.29 is 4.74 Å². The zero-order valence-electron chi connectivity index (χ0n) is 11.4. The fraction of sp³-hybridized carbons (Fsp3) is 1.00. The van der Waals surface area contributed by atoms with Crippen molar-refractivity contribution in [3.8, 4) is 0 Å². The van der Waals surface area contributed by atoms with Gasteiger partial charge in [-0.25, -0.2) is 0 Å². The van der Waals surface area contributed by atoms with E-state index in [0.717, 1.165) is 26.2 Å². The minimum atomic E-state index is 0.103. The quantitative estimate of drug-likeness (QED) is 0.673. The fourth-order valence-electron chi connectivity index (χ4n) is 2.22. The van der Waals surface area contributed by atoms with Crippen molar-refractivity contribution in [2.45, 2.75) is 51.7 Å². The molecule has 1 N–H and O–H groups in total. The second-order valence-electron chi connectivity index (χ2n) is 5.55. The molecule has 0 spiro atoms. The molecule has 96 valence electrons. The highest BCUT2D eigenvalue weighted by Gasteiger charge is 2.31. The summed E-state index contributed by atoms with van der Waals surface area (Å²) in [6.45, 7) is 11.0. The average Bonchev–Trinajstić information content (AvgIpc) is 2.53. The van der Waals surface area contributed by atoms with Crippen LogP contribution >= 0.6 is 0 Å². The van der Waals surface area contributed by atoms with Gasteiger partial charge >= 0.3 is 0 Å². The highest BCUT2D eigenvalue weighted by Crippen LogP contribution is 2.29. The Morgan fingerprint density at radius 2 is 2.12 bits per heavy atom. The van der Waals surface area contributed by atoms with Crippen LogP contribution in [0.3, 0.4) is 0 Å². The maximum atomic E-state index is 5.98. The van der Waals surface area contributed by atoms with Crippen molar-refractivity contribution in [1.82, 2.24) is 10.2 Å². The van der Waals surface area contributed by atoms with Gasteiger partial charge in [0.25, 0.3) is 0 Å². The Labute approximate surface area is 101 Å². The molecule has 0 aromatic rings. The van der Waals surface area contributed by atoms with E-state index in [-0.39, 0.29) is 5.60 Å². The van der Waals surface area contributed by atoms with E-state index in [1.165, 1.54) is 19.3 Å². The molecule has 0 saturated carbocycles. The Morgan fingerprint density at radius 3 is 2.69 bits per heavy atom. The van der Waals surface area contributed by atoms with Crippen LogP contribution in [-0.2, 0) is 4.74 Å². The zero-order valence-corrected chi connectivity index (χ0v) is 11.4. The minimum absolute atomic E-state index is 0.103. The number of hydrogen-bond acceptors (Lipinski definition) is 3. The molecule has 1 atom stereocenters. The summed E-state index contributed by atoms with van der Waals surface area (Å²) in [5, 5.41) is 3.42. The summed E-state index contributed by atoms with van der Waals surface area (Å²) < 4.78 is 5.98. The Morgan fingerprint density at radius 1 is 1.38 bits per heavy atom. The lowest BCUT2D eigenvalue weighted by atomic mass is 10.1. The lowest BCUT2D eigenvalue weighted by Gasteiger charge is -2.23. The Balaban J connectivity index is 2.08. The van der Waals surface area contributed by atoms with E-state index < -0.39 is 0 Å². The molecule has 1 fully saturated rings. The van der Waals surface area contributed by atoms with Crippen LogP contribution in [-0.4, -0.2) is 49.8 Å². The molecule has 16 heavy (non-hydrogen) atoms. The zero-order chi connectivity index (χ0) is 12.0. The van der Waals surface area contributed by atoms with E-state index in [2.05, 4.69) is 38.0 Å². The van der Waals surface area contributed by atoms with Crippen molar-refractivity contribution in [2.75, 3.05) is 33.2 Å². The Bertz CT molecular complexity index is 194. The molecule has 1 aliphatic heterocycles. The first-order valence-electron chi connectivity index (χ1n) is 6.60. The van der Waals surface area contributed by atoms with Crippen molar-refractivity contribution >= 4 is 0 Å². The molecule has 3 nitrogen and oxygen atoms in total. The average molecular weight is 228 g/mol. The first kappa shape index (κ1) is 13.9. The second kappa shape index (κ2) is 6.58. The number of hydrogen-bond donors (Lipinski definition) is 1. The monoisotopic (exact) mass is 228 g/mol. The third kappa shape index (κ3) is 5.28. The third-order valence-electron chi connectivity index (χ3n) is 3.17. The fourth-order valence-corrected chi connectivity index (χ4v) is 2.22. The second-order valence-corrected chi connectivity index (χ2v) is 5.55. The van der Waals surface area contributed by atoms with E-state index in [0.29, 0.717) is 6.10 Å². The van der Waals surface area contributed by atoms with Gasteiger partial charge in [-0.05, 0) is 46.7 Å². The molecule has 1 rings (SSSR count). The van der Waals surface area contributed by atoms with Gasteiger partial charge in [0.05, 0.1) is 11.7 Å². The maximum absolute atomic E-state index is 5.98. The molecule has 0 aromatic carbocycles. The molecule has 0 amide bonds. The Kier molecular flexibility index (Phi) is 5.73. The molecule has 1 unspecified atom stereocenters. The van der Waals surface area contributed by atoms with Crippen molar-refractivity contribution in [3.63, 3.8) is 0 Å². The van der Waals surface area contributed by atoms with E-state index in [1.54, 1.807) is 0 Å². The van der Waals surface area contributed by atoms with Crippen LogP contribution in [0.1, 0.15) is 40.0 Å².